The van der Waals surface area contributed by atoms with Crippen molar-refractivity contribution in [2.75, 3.05) is 0 Å². The topological polar surface area (TPSA) is 39.2 Å². The average molecular weight is 758 g/mol. The third-order valence-corrected chi connectivity index (χ3v) is 10.4. The summed E-state index contributed by atoms with van der Waals surface area (Å²) < 4.78 is 19.7. The van der Waals surface area contributed by atoms with Crippen molar-refractivity contribution in [3.63, 3.8) is 0 Å². The minimum Gasteiger partial charge on any atom is -0.506 e. The van der Waals surface area contributed by atoms with Crippen molar-refractivity contribution in [1.29, 1.82) is 0 Å². The first kappa shape index (κ1) is 30.6. The molecule has 5 heteroatoms. The van der Waals surface area contributed by atoms with E-state index < -0.39 is 7.14 Å². The fourth-order valence-corrected chi connectivity index (χ4v) is 7.99. The largest absolute Gasteiger partial charge is 0.506 e. The molecule has 0 bridgehead atoms. The van der Waals surface area contributed by atoms with Crippen LogP contribution in [0.5, 0.6) is 5.75 Å². The summed E-state index contributed by atoms with van der Waals surface area (Å²) in [6.45, 7) is 5.08. The molecule has 7 rings (SSSR count). The molecule has 0 saturated carbocycles. The van der Waals surface area contributed by atoms with Crippen molar-refractivity contribution >= 4 is 34.0 Å². The second-order valence-electron chi connectivity index (χ2n) is 10.8. The summed E-state index contributed by atoms with van der Waals surface area (Å²) in [7, 11) is -2.83. The second kappa shape index (κ2) is 13.7. The molecule has 1 aliphatic heterocycles. The third kappa shape index (κ3) is 6.43. The van der Waals surface area contributed by atoms with Gasteiger partial charge >= 0.3 is 0 Å². The summed E-state index contributed by atoms with van der Waals surface area (Å²) in [4.78, 5) is 4.87. The first-order valence-corrected chi connectivity index (χ1v) is 16.0. The number of fused-ring (bicyclic) bond motifs is 4. The molecule has 2 heterocycles. The predicted octanol–water partition coefficient (Wildman–Crippen LogP) is 7.92. The van der Waals surface area contributed by atoms with E-state index in [1.54, 1.807) is 0 Å². The molecular weight excluding hydrogens is 726 g/mol. The summed E-state index contributed by atoms with van der Waals surface area (Å²) >= 11 is 0. The fraction of sp³-hybridized carbons (Fsp3) is 0.132. The Bertz CT molecular complexity index is 1750. The zero-order valence-corrected chi connectivity index (χ0v) is 27.4. The van der Waals surface area contributed by atoms with E-state index >= 15 is 0 Å². The van der Waals surface area contributed by atoms with E-state index in [0.29, 0.717) is 12.5 Å². The van der Waals surface area contributed by atoms with Gasteiger partial charge in [0.15, 0.2) is 0 Å². The molecule has 1 aromatic heterocycles. The van der Waals surface area contributed by atoms with Gasteiger partial charge in [-0.3, -0.25) is 4.98 Å². The van der Waals surface area contributed by atoms with E-state index in [1.807, 2.05) is 97.1 Å². The number of hydrogen-bond acceptors (Lipinski definition) is 3. The molecule has 5 aromatic carbocycles. The predicted molar refractivity (Wildman–Crippen MR) is 174 cm³/mol. The quantitative estimate of drug-likeness (QED) is 0.133. The number of aromatic nitrogens is 1. The van der Waals surface area contributed by atoms with Crippen LogP contribution >= 0.6 is 7.14 Å². The molecule has 0 aliphatic carbocycles. The van der Waals surface area contributed by atoms with E-state index in [4.69, 9.17) is 9.72 Å². The Kier molecular flexibility index (Phi) is 9.73. The SMILES string of the molecule is CC(C)Cc1cccc2nc3c(cc12)OCc1ccc[c-]c1-3.O=P(c1[c-]cccc1)(c1ccccc1)c1ccccc1.[Ir]. The molecule has 0 atom stereocenters. The summed E-state index contributed by atoms with van der Waals surface area (Å²) in [5.74, 6) is 1.50. The number of ether oxygens (including phenoxy) is 1. The van der Waals surface area contributed by atoms with E-state index in [9.17, 15) is 4.57 Å². The van der Waals surface area contributed by atoms with Gasteiger partial charge in [-0.15, -0.1) is 29.8 Å². The zero-order valence-electron chi connectivity index (χ0n) is 24.2. The standard InChI is InChI=1S/C20H18NO.C18H14OP.Ir/c1-13(2)10-14-7-5-9-18-17(14)11-19-20(21-18)16-8-4-3-6-15(16)12-22-19;19-20(16-10-4-1-5-11-16,17-12-6-2-7-13-17)18-14-8-3-9-15-18;/h3-7,9,11,13H,10,12H2,1-2H3;1-14H;/q2*-1;. The fourth-order valence-electron chi connectivity index (χ4n) is 5.40. The number of benzene rings is 5. The molecule has 0 spiro atoms. The van der Waals surface area contributed by atoms with Gasteiger partial charge in [0.1, 0.15) is 12.9 Å². The Balaban J connectivity index is 0.000000168. The van der Waals surface area contributed by atoms with Crippen molar-refractivity contribution in [2.24, 2.45) is 5.92 Å². The van der Waals surface area contributed by atoms with Crippen LogP contribution in [0.3, 0.4) is 0 Å². The van der Waals surface area contributed by atoms with Crippen molar-refractivity contribution in [2.45, 2.75) is 26.9 Å². The minimum atomic E-state index is -2.83. The summed E-state index contributed by atoms with van der Waals surface area (Å²) in [5, 5.41) is 3.63. The number of nitrogens with zero attached hydrogens (tertiary/aromatic N) is 1. The van der Waals surface area contributed by atoms with Crippen LogP contribution in [0.15, 0.2) is 127 Å². The van der Waals surface area contributed by atoms with Crippen LogP contribution in [0.1, 0.15) is 25.0 Å². The maximum Gasteiger partial charge on any atom is 0.147 e. The number of hydrogen-bond donors (Lipinski definition) is 0. The molecule has 3 nitrogen and oxygen atoms in total. The van der Waals surface area contributed by atoms with Gasteiger partial charge in [0.25, 0.3) is 0 Å². The number of rotatable bonds is 5. The van der Waals surface area contributed by atoms with Crippen molar-refractivity contribution < 1.29 is 29.4 Å². The third-order valence-electron chi connectivity index (χ3n) is 7.38. The van der Waals surface area contributed by atoms with Crippen LogP contribution < -0.4 is 20.7 Å². The maximum atomic E-state index is 13.8. The van der Waals surface area contributed by atoms with E-state index in [1.165, 1.54) is 10.9 Å². The van der Waals surface area contributed by atoms with Gasteiger partial charge in [0.2, 0.25) is 0 Å². The van der Waals surface area contributed by atoms with Crippen molar-refractivity contribution in [3.05, 3.63) is 151 Å². The average Bonchev–Trinajstić information content (AvgIpc) is 3.05. The second-order valence-corrected chi connectivity index (χ2v) is 13.5. The molecule has 217 valence electrons. The van der Waals surface area contributed by atoms with Gasteiger partial charge in [-0.05, 0) is 30.0 Å². The van der Waals surface area contributed by atoms with Crippen LogP contribution in [0.4, 0.5) is 0 Å². The molecule has 0 N–H and O–H groups in total. The molecule has 6 aromatic rings. The van der Waals surface area contributed by atoms with E-state index in [0.717, 1.165) is 50.4 Å². The van der Waals surface area contributed by atoms with Crippen LogP contribution in [0.25, 0.3) is 22.2 Å². The number of pyridine rings is 1. The minimum absolute atomic E-state index is 0. The molecule has 1 aliphatic rings. The first-order chi connectivity index (χ1) is 20.5. The van der Waals surface area contributed by atoms with E-state index in [2.05, 4.69) is 56.3 Å². The monoisotopic (exact) mass is 758 g/mol. The van der Waals surface area contributed by atoms with Gasteiger partial charge in [0.05, 0.1) is 12.1 Å². The van der Waals surface area contributed by atoms with Gasteiger partial charge in [-0.2, -0.15) is 30.3 Å². The molecule has 0 fully saturated rings. The van der Waals surface area contributed by atoms with Gasteiger partial charge in [-0.1, -0.05) is 97.5 Å². The van der Waals surface area contributed by atoms with Gasteiger partial charge in [-0.25, -0.2) is 0 Å². The molecular formula is C38H32IrNO2P-2. The summed E-state index contributed by atoms with van der Waals surface area (Å²) in [6, 6.07) is 47.8. The first-order valence-electron chi connectivity index (χ1n) is 14.3. The van der Waals surface area contributed by atoms with Crippen LogP contribution in [-0.4, -0.2) is 4.98 Å². The van der Waals surface area contributed by atoms with E-state index in [-0.39, 0.29) is 20.1 Å². The summed E-state index contributed by atoms with van der Waals surface area (Å²) in [5.41, 5.74) is 5.51. The Morgan fingerprint density at radius 3 is 2.12 bits per heavy atom. The van der Waals surface area contributed by atoms with Crippen molar-refractivity contribution in [1.82, 2.24) is 4.98 Å². The Labute approximate surface area is 267 Å². The van der Waals surface area contributed by atoms with Gasteiger partial charge in [0, 0.05) is 41.8 Å². The Morgan fingerprint density at radius 1 is 0.791 bits per heavy atom. The maximum absolute atomic E-state index is 13.8. The van der Waals surface area contributed by atoms with Gasteiger partial charge < -0.3 is 9.30 Å². The molecule has 0 amide bonds. The Hall–Kier alpha value is -3.81. The smallest absolute Gasteiger partial charge is 0.147 e. The van der Waals surface area contributed by atoms with Crippen molar-refractivity contribution in [3.8, 4) is 17.0 Å². The van der Waals surface area contributed by atoms with Crippen LogP contribution in [0, 0.1) is 18.1 Å². The zero-order chi connectivity index (χ0) is 28.9. The molecule has 0 saturated heterocycles. The van der Waals surface area contributed by atoms with Crippen LogP contribution in [0.2, 0.25) is 0 Å². The molecule has 0 unspecified atom stereocenters. The molecule has 1 radical (unpaired) electrons. The molecule has 43 heavy (non-hydrogen) atoms. The van der Waals surface area contributed by atoms with Crippen LogP contribution in [-0.2, 0) is 37.7 Å². The Morgan fingerprint density at radius 2 is 1.47 bits per heavy atom. The summed E-state index contributed by atoms with van der Waals surface area (Å²) in [6.07, 6.45) is 1.06. The normalized spacial score (nSPS) is 11.8.